The molecular formula is C11H10ClF. The Morgan fingerprint density at radius 1 is 1.46 bits per heavy atom. The Bertz CT molecular complexity index is 385. The van der Waals surface area contributed by atoms with Gasteiger partial charge >= 0.3 is 0 Å². The number of halogens is 2. The van der Waals surface area contributed by atoms with Crippen LogP contribution in [0.25, 0.3) is 0 Å². The number of alkyl halides is 2. The first-order valence-electron chi connectivity index (χ1n) is 4.54. The van der Waals surface area contributed by atoms with Crippen molar-refractivity contribution in [3.05, 3.63) is 35.4 Å². The molecule has 0 radical (unpaired) electrons. The van der Waals surface area contributed by atoms with Crippen molar-refractivity contribution in [3.8, 4) is 0 Å². The van der Waals surface area contributed by atoms with E-state index in [-0.39, 0.29) is 5.92 Å². The molecule has 3 unspecified atom stereocenters. The highest BCUT2D eigenvalue weighted by atomic mass is 35.5. The topological polar surface area (TPSA) is 0 Å². The van der Waals surface area contributed by atoms with Gasteiger partial charge < -0.3 is 0 Å². The average molecular weight is 197 g/mol. The Morgan fingerprint density at radius 3 is 2.92 bits per heavy atom. The van der Waals surface area contributed by atoms with E-state index in [1.165, 1.54) is 5.56 Å². The van der Waals surface area contributed by atoms with Gasteiger partial charge in [0.2, 0.25) is 0 Å². The van der Waals surface area contributed by atoms with Gasteiger partial charge in [0.1, 0.15) is 0 Å². The van der Waals surface area contributed by atoms with Crippen LogP contribution in [0.2, 0.25) is 0 Å². The molecule has 1 aromatic rings. The predicted molar refractivity (Wildman–Crippen MR) is 50.7 cm³/mol. The van der Waals surface area contributed by atoms with Gasteiger partial charge in [0.15, 0.2) is 5.13 Å². The molecule has 0 spiro atoms. The number of hydrogen-bond donors (Lipinski definition) is 0. The highest BCUT2D eigenvalue weighted by Crippen LogP contribution is 2.72. The normalized spacial score (nSPS) is 45.6. The van der Waals surface area contributed by atoms with Gasteiger partial charge in [0.05, 0.1) is 0 Å². The third-order valence-corrected chi connectivity index (χ3v) is 4.40. The molecule has 1 aromatic carbocycles. The van der Waals surface area contributed by atoms with E-state index in [0.717, 1.165) is 12.0 Å². The first-order chi connectivity index (χ1) is 6.08. The summed E-state index contributed by atoms with van der Waals surface area (Å²) in [6, 6.07) is 8.03. The quantitative estimate of drug-likeness (QED) is 0.560. The van der Waals surface area contributed by atoms with Crippen LogP contribution in [0.4, 0.5) is 4.39 Å². The smallest absolute Gasteiger partial charge is 0.197 e. The molecule has 0 aromatic heterocycles. The van der Waals surface area contributed by atoms with E-state index >= 15 is 0 Å². The fraction of sp³-hybridized carbons (Fsp3) is 0.455. The Morgan fingerprint density at radius 2 is 2.15 bits per heavy atom. The average Bonchev–Trinajstić information content (AvgIpc) is 2.44. The standard InChI is InChI=1S/C11H10ClF/c1-10-8-5-3-2-4-7(8)6-9(10)11(10,12)13/h2-5,9H,6H2,1H3. The largest absolute Gasteiger partial charge is 0.225 e. The molecule has 0 saturated heterocycles. The van der Waals surface area contributed by atoms with Gasteiger partial charge in [-0.2, -0.15) is 0 Å². The third-order valence-electron chi connectivity index (χ3n) is 3.74. The maximum atomic E-state index is 13.7. The van der Waals surface area contributed by atoms with E-state index < -0.39 is 10.5 Å². The molecule has 13 heavy (non-hydrogen) atoms. The summed E-state index contributed by atoms with van der Waals surface area (Å²) in [5, 5.41) is -1.48. The fourth-order valence-corrected chi connectivity index (χ4v) is 3.21. The first kappa shape index (κ1) is 7.81. The Hall–Kier alpha value is -0.560. The molecule has 3 atom stereocenters. The number of benzene rings is 1. The van der Waals surface area contributed by atoms with Gasteiger partial charge in [-0.25, -0.2) is 4.39 Å². The summed E-state index contributed by atoms with van der Waals surface area (Å²) in [6.07, 6.45) is 0.798. The van der Waals surface area contributed by atoms with E-state index in [2.05, 4.69) is 6.07 Å². The second kappa shape index (κ2) is 1.93. The van der Waals surface area contributed by atoms with E-state index in [1.54, 1.807) is 0 Å². The second-order valence-electron chi connectivity index (χ2n) is 4.24. The molecule has 68 valence electrons. The monoisotopic (exact) mass is 196 g/mol. The van der Waals surface area contributed by atoms with Crippen LogP contribution >= 0.6 is 11.6 Å². The molecule has 0 N–H and O–H groups in total. The Balaban J connectivity index is 2.20. The van der Waals surface area contributed by atoms with E-state index in [0.29, 0.717) is 0 Å². The van der Waals surface area contributed by atoms with Crippen molar-refractivity contribution in [1.82, 2.24) is 0 Å². The second-order valence-corrected chi connectivity index (χ2v) is 4.79. The molecule has 1 saturated carbocycles. The summed E-state index contributed by atoms with van der Waals surface area (Å²) < 4.78 is 13.7. The number of hydrogen-bond acceptors (Lipinski definition) is 0. The fourth-order valence-electron chi connectivity index (χ4n) is 2.74. The van der Waals surface area contributed by atoms with Crippen LogP contribution < -0.4 is 0 Å². The van der Waals surface area contributed by atoms with Crippen LogP contribution in [0.5, 0.6) is 0 Å². The van der Waals surface area contributed by atoms with E-state index in [1.807, 2.05) is 25.1 Å². The SMILES string of the molecule is CC12c3ccccc3CC1C2(F)Cl. The van der Waals surface area contributed by atoms with Crippen molar-refractivity contribution in [2.75, 3.05) is 0 Å². The lowest BCUT2D eigenvalue weighted by Crippen LogP contribution is -2.11. The molecule has 3 rings (SSSR count). The lowest BCUT2D eigenvalue weighted by Gasteiger charge is -2.12. The zero-order valence-corrected chi connectivity index (χ0v) is 8.11. The maximum Gasteiger partial charge on any atom is 0.197 e. The molecule has 0 nitrogen and oxygen atoms in total. The first-order valence-corrected chi connectivity index (χ1v) is 4.92. The molecule has 0 heterocycles. The van der Waals surface area contributed by atoms with E-state index in [9.17, 15) is 4.39 Å². The van der Waals surface area contributed by atoms with Gasteiger partial charge in [0, 0.05) is 11.3 Å². The van der Waals surface area contributed by atoms with Crippen molar-refractivity contribution in [2.45, 2.75) is 23.9 Å². The minimum atomic E-state index is -1.48. The summed E-state index contributed by atoms with van der Waals surface area (Å²) >= 11 is 5.81. The van der Waals surface area contributed by atoms with Crippen molar-refractivity contribution >= 4 is 11.6 Å². The lowest BCUT2D eigenvalue weighted by atomic mass is 9.97. The molecule has 0 amide bonds. The van der Waals surface area contributed by atoms with Crippen LogP contribution in [0.15, 0.2) is 24.3 Å². The summed E-state index contributed by atoms with van der Waals surface area (Å²) in [6.45, 7) is 1.93. The highest BCUT2D eigenvalue weighted by Gasteiger charge is 2.78. The van der Waals surface area contributed by atoms with Crippen LogP contribution in [0, 0.1) is 5.92 Å². The van der Waals surface area contributed by atoms with Gasteiger partial charge in [-0.3, -0.25) is 0 Å². The number of rotatable bonds is 0. The minimum Gasteiger partial charge on any atom is -0.225 e. The van der Waals surface area contributed by atoms with Crippen LogP contribution in [-0.2, 0) is 11.8 Å². The highest BCUT2D eigenvalue weighted by molar-refractivity contribution is 6.27. The van der Waals surface area contributed by atoms with Crippen molar-refractivity contribution < 1.29 is 4.39 Å². The molecule has 1 fully saturated rings. The summed E-state index contributed by atoms with van der Waals surface area (Å²) in [5.74, 6) is -0.000864. The van der Waals surface area contributed by atoms with Gasteiger partial charge in [-0.1, -0.05) is 42.8 Å². The van der Waals surface area contributed by atoms with Crippen molar-refractivity contribution in [3.63, 3.8) is 0 Å². The molecular weight excluding hydrogens is 187 g/mol. The van der Waals surface area contributed by atoms with Gasteiger partial charge in [0.25, 0.3) is 0 Å². The molecule has 2 aliphatic rings. The van der Waals surface area contributed by atoms with Crippen LogP contribution in [0.1, 0.15) is 18.1 Å². The van der Waals surface area contributed by atoms with Gasteiger partial charge in [-0.15, -0.1) is 0 Å². The minimum absolute atomic E-state index is 0.000864. The van der Waals surface area contributed by atoms with Crippen molar-refractivity contribution in [2.24, 2.45) is 5.92 Å². The summed E-state index contributed by atoms with van der Waals surface area (Å²) in [5.41, 5.74) is 1.96. The summed E-state index contributed by atoms with van der Waals surface area (Å²) in [4.78, 5) is 0. The maximum absolute atomic E-state index is 13.7. The van der Waals surface area contributed by atoms with E-state index in [4.69, 9.17) is 11.6 Å². The molecule has 0 bridgehead atoms. The molecule has 0 aliphatic heterocycles. The zero-order chi connectivity index (χ0) is 9.27. The predicted octanol–water partition coefficient (Wildman–Crippen LogP) is 3.03. The van der Waals surface area contributed by atoms with Crippen LogP contribution in [-0.4, -0.2) is 5.13 Å². The summed E-state index contributed by atoms with van der Waals surface area (Å²) in [7, 11) is 0. The Kier molecular flexibility index (Phi) is 1.16. The van der Waals surface area contributed by atoms with Crippen molar-refractivity contribution in [1.29, 1.82) is 0 Å². The van der Waals surface area contributed by atoms with Crippen LogP contribution in [0.3, 0.4) is 0 Å². The molecule has 2 aliphatic carbocycles. The van der Waals surface area contributed by atoms with Gasteiger partial charge in [-0.05, 0) is 17.5 Å². The third kappa shape index (κ3) is 0.655. The molecule has 2 heteroatoms. The number of fused-ring (bicyclic) bond motifs is 3. The Labute approximate surface area is 81.7 Å². The zero-order valence-electron chi connectivity index (χ0n) is 7.35. The lowest BCUT2D eigenvalue weighted by molar-refractivity contribution is 0.363.